The van der Waals surface area contributed by atoms with Crippen LogP contribution >= 0.6 is 0 Å². The van der Waals surface area contributed by atoms with Gasteiger partial charge in [0.05, 0.1) is 34.9 Å². The number of hydrogen-bond donors (Lipinski definition) is 4. The Balaban J connectivity index is 0.000000264. The van der Waals surface area contributed by atoms with Crippen LogP contribution in [0, 0.1) is 5.41 Å². The molecule has 4 heterocycles. The van der Waals surface area contributed by atoms with Gasteiger partial charge in [-0.3, -0.25) is 19.9 Å². The number of nitrogens with zero attached hydrogens (tertiary/aromatic N) is 7. The monoisotopic (exact) mass is 755 g/mol. The lowest BCUT2D eigenvalue weighted by Crippen LogP contribution is -2.43. The molecular weight excluding hydrogens is 703 g/mol. The summed E-state index contributed by atoms with van der Waals surface area (Å²) in [5.74, 6) is 1.74. The number of amides is 1. The van der Waals surface area contributed by atoms with Crippen LogP contribution in [-0.2, 0) is 20.9 Å². The van der Waals surface area contributed by atoms with Gasteiger partial charge in [-0.25, -0.2) is 15.0 Å². The highest BCUT2D eigenvalue weighted by Gasteiger charge is 2.36. The van der Waals surface area contributed by atoms with Gasteiger partial charge in [0, 0.05) is 49.8 Å². The molecule has 6 rings (SSSR count). The van der Waals surface area contributed by atoms with Crippen molar-refractivity contribution < 1.29 is 23.7 Å². The van der Waals surface area contributed by atoms with E-state index in [1.165, 1.54) is 6.33 Å². The molecule has 1 unspecified atom stereocenters. The Morgan fingerprint density at radius 3 is 2.47 bits per heavy atom. The molecule has 5 N–H and O–H groups in total. The van der Waals surface area contributed by atoms with Crippen LogP contribution in [0.5, 0.6) is 0 Å². The molecule has 1 aliphatic carbocycles. The van der Waals surface area contributed by atoms with E-state index in [-0.39, 0.29) is 29.5 Å². The minimum absolute atomic E-state index is 0.120. The Hall–Kier alpha value is -5.61. The zero-order valence-electron chi connectivity index (χ0n) is 32.3. The molecule has 2 aliphatic rings. The molecule has 1 amide bonds. The summed E-state index contributed by atoms with van der Waals surface area (Å²) >= 11 is 0. The topological polar surface area (TPSA) is 218 Å². The van der Waals surface area contributed by atoms with Crippen molar-refractivity contribution >= 4 is 42.6 Å². The lowest BCUT2D eigenvalue weighted by Gasteiger charge is -2.29. The molecular formula is C39H53N11O5. The summed E-state index contributed by atoms with van der Waals surface area (Å²) < 4.78 is 8.00. The number of piperidine rings is 1. The van der Waals surface area contributed by atoms with E-state index in [0.717, 1.165) is 73.9 Å². The number of imidazole rings is 1. The number of nitrogen functional groups attached to an aromatic ring is 1. The first-order chi connectivity index (χ1) is 26.6. The lowest BCUT2D eigenvalue weighted by atomic mass is 10.00. The number of aldehydes is 2. The molecule has 16 heteroatoms. The number of likely N-dealkylation sites (tertiary alicyclic amines) is 1. The SMILES string of the molecule is C=O.CC(C)Nc1ncnc(N)c1C(=N)c1noc(C2CC2)c1-c1cn(C2CCN(C)CC2)cn1.CNC(=O)C(CCC=O)N(C)Cc1ccccc1C=O. The van der Waals surface area contributed by atoms with Gasteiger partial charge in [0.2, 0.25) is 5.91 Å². The van der Waals surface area contributed by atoms with Gasteiger partial charge in [-0.2, -0.15) is 0 Å². The average molecular weight is 756 g/mol. The van der Waals surface area contributed by atoms with Crippen LogP contribution in [0.1, 0.15) is 97.3 Å². The van der Waals surface area contributed by atoms with Gasteiger partial charge in [-0.05, 0) is 78.7 Å². The standard InChI is InChI=1S/C23H31N9O.C15H20N2O3.CH2O/c1-13(2)29-23-18(22(25)26-11-27-23)19(24)20-17(21(33-30-20)14-4-5-14)16-10-32(12-28-16)15-6-8-31(3)9-7-15;1-16-15(20)14(8-5-9-18)17(2)10-12-6-3-4-7-13(12)11-19;1-2/h10-15,24H,4-9H2,1-3H3,(H3,25,26,27,29);3-4,6-7,9,11,14H,5,8,10H2,1-2H3,(H,16,20);1H2. The van der Waals surface area contributed by atoms with E-state index in [2.05, 4.69) is 48.5 Å². The summed E-state index contributed by atoms with van der Waals surface area (Å²) in [5.41, 5.74) is 10.2. The number of nitrogens with two attached hydrogens (primary N) is 1. The molecule has 1 saturated carbocycles. The Kier molecular flexibility index (Phi) is 15.5. The minimum Gasteiger partial charge on any atom is -0.383 e. The van der Waals surface area contributed by atoms with Crippen LogP contribution in [0.4, 0.5) is 11.6 Å². The fraction of sp³-hybridized carbons (Fsp3) is 0.462. The molecule has 0 radical (unpaired) electrons. The van der Waals surface area contributed by atoms with Gasteiger partial charge in [-0.15, -0.1) is 0 Å². The summed E-state index contributed by atoms with van der Waals surface area (Å²) in [6.45, 7) is 8.65. The summed E-state index contributed by atoms with van der Waals surface area (Å²) in [5, 5.41) is 19.2. The Labute approximate surface area is 321 Å². The number of hydrogen-bond acceptors (Lipinski definition) is 14. The van der Waals surface area contributed by atoms with Gasteiger partial charge in [0.25, 0.3) is 0 Å². The van der Waals surface area contributed by atoms with Crippen molar-refractivity contribution in [2.45, 2.75) is 83.0 Å². The van der Waals surface area contributed by atoms with Crippen molar-refractivity contribution in [2.75, 3.05) is 45.3 Å². The van der Waals surface area contributed by atoms with Crippen LogP contribution in [0.25, 0.3) is 11.3 Å². The Morgan fingerprint density at radius 1 is 1.13 bits per heavy atom. The summed E-state index contributed by atoms with van der Waals surface area (Å²) in [4.78, 5) is 58.8. The molecule has 1 aliphatic heterocycles. The maximum absolute atomic E-state index is 11.9. The third-order valence-electron chi connectivity index (χ3n) is 9.66. The predicted octanol–water partition coefficient (Wildman–Crippen LogP) is 4.13. The van der Waals surface area contributed by atoms with Gasteiger partial charge < -0.3 is 39.9 Å². The van der Waals surface area contributed by atoms with E-state index >= 15 is 0 Å². The second kappa shape index (κ2) is 20.2. The minimum atomic E-state index is -0.384. The van der Waals surface area contributed by atoms with Crippen molar-refractivity contribution in [3.05, 3.63) is 71.3 Å². The number of carbonyl (C=O) groups is 4. The molecule has 16 nitrogen and oxygen atoms in total. The van der Waals surface area contributed by atoms with Crippen LogP contribution in [0.15, 0.2) is 47.6 Å². The molecule has 1 atom stereocenters. The normalized spacial score (nSPS) is 15.0. The van der Waals surface area contributed by atoms with Gasteiger partial charge in [0.15, 0.2) is 0 Å². The lowest BCUT2D eigenvalue weighted by molar-refractivity contribution is -0.126. The molecule has 2 fully saturated rings. The number of likely N-dealkylation sites (N-methyl/N-ethyl adjacent to an activating group) is 2. The molecule has 294 valence electrons. The zero-order valence-corrected chi connectivity index (χ0v) is 32.3. The molecule has 1 aromatic carbocycles. The maximum Gasteiger partial charge on any atom is 0.237 e. The van der Waals surface area contributed by atoms with Crippen LogP contribution in [0.3, 0.4) is 0 Å². The number of anilines is 2. The second-order valence-electron chi connectivity index (χ2n) is 14.0. The fourth-order valence-electron chi connectivity index (χ4n) is 6.57. The maximum atomic E-state index is 11.9. The van der Waals surface area contributed by atoms with Crippen LogP contribution in [-0.4, -0.2) is 112 Å². The molecule has 4 aromatic rings. The van der Waals surface area contributed by atoms with Crippen LogP contribution < -0.4 is 16.4 Å². The van der Waals surface area contributed by atoms with Gasteiger partial charge >= 0.3 is 0 Å². The molecule has 55 heavy (non-hydrogen) atoms. The number of rotatable bonds is 15. The average Bonchev–Trinajstić information content (AvgIpc) is 3.74. The molecule has 0 bridgehead atoms. The number of aromatic nitrogens is 5. The first-order valence-corrected chi connectivity index (χ1v) is 18.4. The summed E-state index contributed by atoms with van der Waals surface area (Å²) in [6, 6.07) is 7.43. The van der Waals surface area contributed by atoms with E-state index in [4.69, 9.17) is 25.4 Å². The van der Waals surface area contributed by atoms with E-state index < -0.39 is 0 Å². The Morgan fingerprint density at radius 2 is 1.84 bits per heavy atom. The van der Waals surface area contributed by atoms with Crippen molar-refractivity contribution in [1.82, 2.24) is 39.8 Å². The van der Waals surface area contributed by atoms with E-state index in [0.29, 0.717) is 54.0 Å². The largest absolute Gasteiger partial charge is 0.383 e. The fourth-order valence-corrected chi connectivity index (χ4v) is 6.57. The van der Waals surface area contributed by atoms with Gasteiger partial charge in [-0.1, -0.05) is 29.4 Å². The number of carbonyl (C=O) groups excluding carboxylic acids is 4. The third kappa shape index (κ3) is 10.8. The second-order valence-corrected chi connectivity index (χ2v) is 14.0. The highest BCUT2D eigenvalue weighted by molar-refractivity contribution is 6.18. The van der Waals surface area contributed by atoms with Crippen molar-refractivity contribution in [3.63, 3.8) is 0 Å². The third-order valence-corrected chi connectivity index (χ3v) is 9.66. The van der Waals surface area contributed by atoms with Crippen molar-refractivity contribution in [2.24, 2.45) is 0 Å². The van der Waals surface area contributed by atoms with Crippen molar-refractivity contribution in [3.8, 4) is 11.3 Å². The summed E-state index contributed by atoms with van der Waals surface area (Å²) in [6.07, 6.45) is 12.1. The highest BCUT2D eigenvalue weighted by Crippen LogP contribution is 2.46. The number of benzene rings is 1. The van der Waals surface area contributed by atoms with Crippen molar-refractivity contribution in [1.29, 1.82) is 5.41 Å². The van der Waals surface area contributed by atoms with Gasteiger partial charge in [0.1, 0.15) is 48.8 Å². The predicted molar refractivity (Wildman–Crippen MR) is 210 cm³/mol. The molecule has 3 aromatic heterocycles. The zero-order chi connectivity index (χ0) is 40.1. The highest BCUT2D eigenvalue weighted by atomic mass is 16.5. The quantitative estimate of drug-likeness (QED) is 0.0992. The summed E-state index contributed by atoms with van der Waals surface area (Å²) in [7, 11) is 5.55. The smallest absolute Gasteiger partial charge is 0.237 e. The molecule has 0 spiro atoms. The number of nitrogens with one attached hydrogen (secondary N) is 3. The Bertz CT molecular complexity index is 1900. The molecule has 1 saturated heterocycles. The first-order valence-electron chi connectivity index (χ1n) is 18.4. The van der Waals surface area contributed by atoms with E-state index in [1.54, 1.807) is 19.2 Å². The first kappa shape index (κ1) is 42.1. The van der Waals surface area contributed by atoms with Crippen LogP contribution in [0.2, 0.25) is 0 Å². The van der Waals surface area contributed by atoms with E-state index in [9.17, 15) is 14.4 Å². The van der Waals surface area contributed by atoms with E-state index in [1.807, 2.05) is 51.0 Å².